The maximum absolute atomic E-state index is 5.70. The molecule has 1 aliphatic rings. The molecule has 2 rings (SSSR count). The van der Waals surface area contributed by atoms with E-state index in [9.17, 15) is 0 Å². The van der Waals surface area contributed by atoms with Crippen LogP contribution in [-0.4, -0.2) is 23.0 Å². The van der Waals surface area contributed by atoms with Crippen molar-refractivity contribution in [3.8, 4) is 0 Å². The summed E-state index contributed by atoms with van der Waals surface area (Å²) in [6.45, 7) is 11.9. The third-order valence-corrected chi connectivity index (χ3v) is 3.57. The molecule has 1 fully saturated rings. The lowest BCUT2D eigenvalue weighted by atomic mass is 10.1. The second kappa shape index (κ2) is 6.10. The molecular weight excluding hydrogens is 236 g/mol. The topological polar surface area (TPSA) is 28.4 Å². The Morgan fingerprint density at radius 2 is 2.11 bits per heavy atom. The second-order valence-corrected chi connectivity index (χ2v) is 6.67. The normalized spacial score (nSPS) is 16.3. The Hall–Kier alpha value is -0.800. The molecule has 0 aliphatic heterocycles. The lowest BCUT2D eigenvalue weighted by Gasteiger charge is -2.22. The van der Waals surface area contributed by atoms with E-state index in [1.807, 2.05) is 6.26 Å². The second-order valence-electron chi connectivity index (χ2n) is 6.67. The molecule has 0 radical (unpaired) electrons. The quantitative estimate of drug-likeness (QED) is 0.816. The van der Waals surface area contributed by atoms with Gasteiger partial charge >= 0.3 is 0 Å². The van der Waals surface area contributed by atoms with Gasteiger partial charge in [-0.2, -0.15) is 0 Å². The maximum Gasteiger partial charge on any atom is 0.122 e. The van der Waals surface area contributed by atoms with Gasteiger partial charge in [0.15, 0.2) is 0 Å². The van der Waals surface area contributed by atoms with Crippen molar-refractivity contribution in [3.63, 3.8) is 0 Å². The van der Waals surface area contributed by atoms with Crippen molar-refractivity contribution in [2.75, 3.05) is 6.54 Å². The first-order valence-corrected chi connectivity index (χ1v) is 7.54. The fourth-order valence-electron chi connectivity index (χ4n) is 2.33. The Kier molecular flexibility index (Phi) is 4.69. The summed E-state index contributed by atoms with van der Waals surface area (Å²) in [5, 5.41) is 3.54. The fraction of sp³-hybridized carbons (Fsp3) is 0.750. The zero-order valence-corrected chi connectivity index (χ0v) is 12.8. The number of nitrogens with zero attached hydrogens (tertiary/aromatic N) is 1. The maximum atomic E-state index is 5.70. The van der Waals surface area contributed by atoms with E-state index in [0.29, 0.717) is 0 Å². The van der Waals surface area contributed by atoms with Crippen LogP contribution in [0.3, 0.4) is 0 Å². The van der Waals surface area contributed by atoms with E-state index < -0.39 is 0 Å². The highest BCUT2D eigenvalue weighted by Gasteiger charge is 2.29. The van der Waals surface area contributed by atoms with Gasteiger partial charge in [-0.1, -0.05) is 6.92 Å². The minimum atomic E-state index is 0.147. The van der Waals surface area contributed by atoms with Gasteiger partial charge in [-0.15, -0.1) is 0 Å². The average molecular weight is 264 g/mol. The van der Waals surface area contributed by atoms with Crippen molar-refractivity contribution < 1.29 is 4.42 Å². The van der Waals surface area contributed by atoms with Gasteiger partial charge in [-0.3, -0.25) is 4.90 Å². The Morgan fingerprint density at radius 3 is 2.68 bits per heavy atom. The smallest absolute Gasteiger partial charge is 0.122 e. The van der Waals surface area contributed by atoms with Crippen LogP contribution in [0.5, 0.6) is 0 Å². The molecule has 1 aromatic heterocycles. The van der Waals surface area contributed by atoms with Crippen LogP contribution in [0.4, 0.5) is 0 Å². The van der Waals surface area contributed by atoms with Crippen molar-refractivity contribution in [2.45, 2.75) is 71.6 Å². The number of furan rings is 1. The molecule has 3 nitrogen and oxygen atoms in total. The van der Waals surface area contributed by atoms with Crippen molar-refractivity contribution in [3.05, 3.63) is 23.7 Å². The van der Waals surface area contributed by atoms with E-state index in [-0.39, 0.29) is 5.54 Å². The van der Waals surface area contributed by atoms with Crippen molar-refractivity contribution in [1.29, 1.82) is 0 Å². The summed E-state index contributed by atoms with van der Waals surface area (Å²) in [6, 6.07) is 2.90. The van der Waals surface area contributed by atoms with E-state index in [0.717, 1.165) is 24.9 Å². The number of rotatable bonds is 7. The van der Waals surface area contributed by atoms with Crippen molar-refractivity contribution >= 4 is 0 Å². The van der Waals surface area contributed by atoms with Crippen LogP contribution in [0.2, 0.25) is 0 Å². The minimum Gasteiger partial charge on any atom is -0.468 e. The third kappa shape index (κ3) is 4.66. The van der Waals surface area contributed by atoms with Gasteiger partial charge in [0.2, 0.25) is 0 Å². The van der Waals surface area contributed by atoms with Gasteiger partial charge in [0.25, 0.3) is 0 Å². The molecule has 1 saturated carbocycles. The summed E-state index contributed by atoms with van der Waals surface area (Å²) in [4.78, 5) is 2.57. The SMILES string of the molecule is CCCN(Cc1occc1CNC(C)(C)C)C1CC1. The molecule has 0 bridgehead atoms. The monoisotopic (exact) mass is 264 g/mol. The van der Waals surface area contributed by atoms with Crippen molar-refractivity contribution in [1.82, 2.24) is 10.2 Å². The first-order valence-electron chi connectivity index (χ1n) is 7.54. The van der Waals surface area contributed by atoms with Gasteiger partial charge in [-0.25, -0.2) is 0 Å². The van der Waals surface area contributed by atoms with Gasteiger partial charge in [-0.05, 0) is 52.6 Å². The van der Waals surface area contributed by atoms with Gasteiger partial charge in [0.1, 0.15) is 5.76 Å². The molecule has 0 amide bonds. The van der Waals surface area contributed by atoms with Crippen LogP contribution in [-0.2, 0) is 13.1 Å². The highest BCUT2D eigenvalue weighted by Crippen LogP contribution is 2.29. The molecule has 0 saturated heterocycles. The summed E-state index contributed by atoms with van der Waals surface area (Å²) in [5.41, 5.74) is 1.45. The molecule has 0 aromatic carbocycles. The molecule has 0 unspecified atom stereocenters. The molecule has 1 N–H and O–H groups in total. The largest absolute Gasteiger partial charge is 0.468 e. The van der Waals surface area contributed by atoms with E-state index in [1.54, 1.807) is 0 Å². The first-order chi connectivity index (χ1) is 8.99. The Balaban J connectivity index is 1.94. The summed E-state index contributed by atoms with van der Waals surface area (Å²) in [6.07, 6.45) is 5.76. The summed E-state index contributed by atoms with van der Waals surface area (Å²) < 4.78 is 5.70. The number of nitrogens with one attached hydrogen (secondary N) is 1. The van der Waals surface area contributed by atoms with E-state index in [2.05, 4.69) is 44.0 Å². The van der Waals surface area contributed by atoms with Crippen LogP contribution < -0.4 is 5.32 Å². The highest BCUT2D eigenvalue weighted by atomic mass is 16.3. The minimum absolute atomic E-state index is 0.147. The van der Waals surface area contributed by atoms with Gasteiger partial charge in [0.05, 0.1) is 12.8 Å². The molecule has 1 aromatic rings. The van der Waals surface area contributed by atoms with E-state index >= 15 is 0 Å². The molecular formula is C16H28N2O. The summed E-state index contributed by atoms with van der Waals surface area (Å²) in [5.74, 6) is 1.14. The lowest BCUT2D eigenvalue weighted by molar-refractivity contribution is 0.232. The van der Waals surface area contributed by atoms with Crippen LogP contribution in [0.25, 0.3) is 0 Å². The first kappa shape index (κ1) is 14.6. The Labute approximate surface area is 117 Å². The van der Waals surface area contributed by atoms with Crippen LogP contribution in [0.1, 0.15) is 58.3 Å². The zero-order valence-electron chi connectivity index (χ0n) is 12.8. The molecule has 1 aliphatic carbocycles. The molecule has 3 heteroatoms. The number of hydrogen-bond donors (Lipinski definition) is 1. The Morgan fingerprint density at radius 1 is 1.37 bits per heavy atom. The lowest BCUT2D eigenvalue weighted by Crippen LogP contribution is -2.35. The van der Waals surface area contributed by atoms with Crippen LogP contribution in [0.15, 0.2) is 16.7 Å². The highest BCUT2D eigenvalue weighted by molar-refractivity contribution is 5.17. The Bertz CT molecular complexity index is 388. The molecule has 0 spiro atoms. The van der Waals surface area contributed by atoms with Gasteiger partial charge < -0.3 is 9.73 Å². The predicted molar refractivity (Wildman–Crippen MR) is 79.0 cm³/mol. The van der Waals surface area contributed by atoms with Crippen LogP contribution in [0, 0.1) is 0 Å². The molecule has 1 heterocycles. The van der Waals surface area contributed by atoms with E-state index in [4.69, 9.17) is 4.42 Å². The summed E-state index contributed by atoms with van der Waals surface area (Å²) >= 11 is 0. The molecule has 108 valence electrons. The van der Waals surface area contributed by atoms with E-state index in [1.165, 1.54) is 31.4 Å². The fourth-order valence-corrected chi connectivity index (χ4v) is 2.33. The predicted octanol–water partition coefficient (Wildman–Crippen LogP) is 3.54. The number of hydrogen-bond acceptors (Lipinski definition) is 3. The molecule has 0 atom stereocenters. The standard InChI is InChI=1S/C16H28N2O/c1-5-9-18(14-6-7-14)12-15-13(8-10-19-15)11-17-16(2,3)4/h8,10,14,17H,5-7,9,11-12H2,1-4H3. The third-order valence-electron chi connectivity index (χ3n) is 3.57. The average Bonchev–Trinajstić information content (AvgIpc) is 3.07. The zero-order chi connectivity index (χ0) is 13.9. The van der Waals surface area contributed by atoms with Crippen molar-refractivity contribution in [2.24, 2.45) is 0 Å². The summed E-state index contributed by atoms with van der Waals surface area (Å²) in [7, 11) is 0. The molecule has 19 heavy (non-hydrogen) atoms. The van der Waals surface area contributed by atoms with Gasteiger partial charge in [0, 0.05) is 23.7 Å². The van der Waals surface area contributed by atoms with Crippen LogP contribution >= 0.6 is 0 Å².